The Kier molecular flexibility index (Phi) is 2.60. The fourth-order valence-corrected chi connectivity index (χ4v) is 2.96. The summed E-state index contributed by atoms with van der Waals surface area (Å²) in [5, 5.41) is 3.19. The molecule has 0 aliphatic heterocycles. The molecule has 0 N–H and O–H groups in total. The first-order chi connectivity index (χ1) is 9.92. The number of thiophene rings is 1. The molecule has 4 rings (SSSR count). The predicted octanol–water partition coefficient (Wildman–Crippen LogP) is 4.15. The van der Waals surface area contributed by atoms with Gasteiger partial charge in [0.2, 0.25) is 0 Å². The summed E-state index contributed by atoms with van der Waals surface area (Å²) in [6, 6.07) is 16.4. The molecule has 0 aliphatic carbocycles. The highest BCUT2D eigenvalue weighted by Gasteiger charge is 2.08. The third kappa shape index (κ3) is 1.82. The molecule has 0 amide bonds. The second-order valence-electron chi connectivity index (χ2n) is 4.50. The van der Waals surface area contributed by atoms with E-state index in [2.05, 4.69) is 39.6 Å². The minimum Gasteiger partial charge on any atom is -0.274 e. The first-order valence-corrected chi connectivity index (χ1v) is 7.22. The Morgan fingerprint density at radius 3 is 2.60 bits per heavy atom. The van der Waals surface area contributed by atoms with Gasteiger partial charge in [-0.15, -0.1) is 11.3 Å². The van der Waals surface area contributed by atoms with Crippen molar-refractivity contribution in [2.75, 3.05) is 0 Å². The van der Waals surface area contributed by atoms with Gasteiger partial charge in [0.1, 0.15) is 16.8 Å². The monoisotopic (exact) mass is 277 g/mol. The van der Waals surface area contributed by atoms with Crippen molar-refractivity contribution in [3.63, 3.8) is 0 Å². The van der Waals surface area contributed by atoms with Crippen molar-refractivity contribution in [1.82, 2.24) is 14.5 Å². The first kappa shape index (κ1) is 11.4. The Balaban J connectivity index is 1.87. The third-order valence-electron chi connectivity index (χ3n) is 3.24. The standard InChI is InChI=1S/C16H11N3S/c1-2-5-12(6-3-1)13-9-14-16(17-10-13)19(11-18-14)15-7-4-8-20-15/h1-11H. The fraction of sp³-hybridized carbons (Fsp3) is 0. The molecule has 0 saturated carbocycles. The minimum atomic E-state index is 0.895. The fourth-order valence-electron chi connectivity index (χ4n) is 2.26. The molecule has 0 atom stereocenters. The van der Waals surface area contributed by atoms with E-state index in [4.69, 9.17) is 0 Å². The molecule has 4 heteroatoms. The lowest BCUT2D eigenvalue weighted by Crippen LogP contribution is -1.90. The number of aromatic nitrogens is 3. The van der Waals surface area contributed by atoms with E-state index in [0.717, 1.165) is 27.3 Å². The van der Waals surface area contributed by atoms with Crippen molar-refractivity contribution in [2.45, 2.75) is 0 Å². The highest BCUT2D eigenvalue weighted by Crippen LogP contribution is 2.24. The van der Waals surface area contributed by atoms with Crippen LogP contribution in [0.2, 0.25) is 0 Å². The van der Waals surface area contributed by atoms with Crippen molar-refractivity contribution in [2.24, 2.45) is 0 Å². The third-order valence-corrected chi connectivity index (χ3v) is 4.11. The summed E-state index contributed by atoms with van der Waals surface area (Å²) >= 11 is 1.68. The number of hydrogen-bond acceptors (Lipinski definition) is 3. The maximum Gasteiger partial charge on any atom is 0.165 e. The van der Waals surface area contributed by atoms with Crippen LogP contribution in [0.1, 0.15) is 0 Å². The van der Waals surface area contributed by atoms with Crippen LogP contribution in [-0.4, -0.2) is 14.5 Å². The van der Waals surface area contributed by atoms with E-state index in [1.54, 1.807) is 11.3 Å². The lowest BCUT2D eigenvalue weighted by molar-refractivity contribution is 1.09. The Morgan fingerprint density at radius 2 is 1.80 bits per heavy atom. The molecule has 3 aromatic heterocycles. The van der Waals surface area contributed by atoms with Crippen LogP contribution >= 0.6 is 11.3 Å². The maximum atomic E-state index is 4.58. The van der Waals surface area contributed by atoms with Gasteiger partial charge in [0.05, 0.1) is 0 Å². The van der Waals surface area contributed by atoms with Crippen LogP contribution in [0.15, 0.2) is 66.4 Å². The lowest BCUT2D eigenvalue weighted by Gasteiger charge is -2.02. The molecule has 96 valence electrons. The summed E-state index contributed by atoms with van der Waals surface area (Å²) in [5.41, 5.74) is 4.06. The van der Waals surface area contributed by atoms with Crippen LogP contribution in [0.4, 0.5) is 0 Å². The van der Waals surface area contributed by atoms with Crippen molar-refractivity contribution in [3.05, 3.63) is 66.4 Å². The zero-order valence-corrected chi connectivity index (χ0v) is 11.4. The maximum absolute atomic E-state index is 4.58. The zero-order chi connectivity index (χ0) is 13.4. The molecular formula is C16H11N3S. The molecule has 3 heterocycles. The molecule has 0 fully saturated rings. The average Bonchev–Trinajstić information content (AvgIpc) is 3.16. The van der Waals surface area contributed by atoms with Crippen molar-refractivity contribution >= 4 is 22.5 Å². The second-order valence-corrected chi connectivity index (χ2v) is 5.42. The molecule has 0 radical (unpaired) electrons. The number of rotatable bonds is 2. The number of fused-ring (bicyclic) bond motifs is 1. The van der Waals surface area contributed by atoms with Gasteiger partial charge in [0.25, 0.3) is 0 Å². The summed E-state index contributed by atoms with van der Waals surface area (Å²) in [6.07, 6.45) is 3.74. The second kappa shape index (κ2) is 4.58. The quantitative estimate of drug-likeness (QED) is 0.551. The van der Waals surface area contributed by atoms with E-state index in [1.165, 1.54) is 0 Å². The zero-order valence-electron chi connectivity index (χ0n) is 10.6. The summed E-state index contributed by atoms with van der Waals surface area (Å²) in [5.74, 6) is 0. The van der Waals surface area contributed by atoms with E-state index in [-0.39, 0.29) is 0 Å². The summed E-state index contributed by atoms with van der Waals surface area (Å²) in [4.78, 5) is 9.05. The van der Waals surface area contributed by atoms with Crippen molar-refractivity contribution < 1.29 is 0 Å². The largest absolute Gasteiger partial charge is 0.274 e. The molecule has 0 spiro atoms. The summed E-state index contributed by atoms with van der Waals surface area (Å²) in [6.45, 7) is 0. The van der Waals surface area contributed by atoms with Crippen LogP contribution in [0.3, 0.4) is 0 Å². The SMILES string of the molecule is c1ccc(-c2cnc3c(c2)ncn3-c2cccs2)cc1. The minimum absolute atomic E-state index is 0.895. The van der Waals surface area contributed by atoms with Gasteiger partial charge < -0.3 is 0 Å². The molecule has 3 nitrogen and oxygen atoms in total. The molecule has 0 unspecified atom stereocenters. The van der Waals surface area contributed by atoms with Gasteiger partial charge in [0, 0.05) is 11.8 Å². The molecule has 0 aliphatic rings. The van der Waals surface area contributed by atoms with E-state index in [9.17, 15) is 0 Å². The normalized spacial score (nSPS) is 11.0. The summed E-state index contributed by atoms with van der Waals surface area (Å²) < 4.78 is 2.02. The molecular weight excluding hydrogens is 266 g/mol. The van der Waals surface area contributed by atoms with Crippen molar-refractivity contribution in [3.8, 4) is 16.1 Å². The highest BCUT2D eigenvalue weighted by atomic mass is 32.1. The van der Waals surface area contributed by atoms with Crippen LogP contribution in [-0.2, 0) is 0 Å². The first-order valence-electron chi connectivity index (χ1n) is 6.34. The van der Waals surface area contributed by atoms with Gasteiger partial charge in [-0.2, -0.15) is 0 Å². The number of benzene rings is 1. The van der Waals surface area contributed by atoms with Gasteiger partial charge in [-0.25, -0.2) is 9.97 Å². The predicted molar refractivity (Wildman–Crippen MR) is 82.2 cm³/mol. The van der Waals surface area contributed by atoms with Crippen LogP contribution in [0.5, 0.6) is 0 Å². The molecule has 4 aromatic rings. The number of nitrogens with zero attached hydrogens (tertiary/aromatic N) is 3. The van der Waals surface area contributed by atoms with Crippen molar-refractivity contribution in [1.29, 1.82) is 0 Å². The number of imidazole rings is 1. The van der Waals surface area contributed by atoms with Gasteiger partial charge in [-0.05, 0) is 29.1 Å². The number of pyridine rings is 1. The Morgan fingerprint density at radius 1 is 0.900 bits per heavy atom. The Labute approximate surface area is 120 Å². The molecule has 0 bridgehead atoms. The van der Waals surface area contributed by atoms with Gasteiger partial charge in [-0.3, -0.25) is 4.57 Å². The topological polar surface area (TPSA) is 30.7 Å². The van der Waals surface area contributed by atoms with Gasteiger partial charge in [-0.1, -0.05) is 30.3 Å². The van der Waals surface area contributed by atoms with E-state index in [1.807, 2.05) is 41.4 Å². The molecule has 0 saturated heterocycles. The average molecular weight is 277 g/mol. The molecule has 1 aromatic carbocycles. The summed E-state index contributed by atoms with van der Waals surface area (Å²) in [7, 11) is 0. The van der Waals surface area contributed by atoms with Gasteiger partial charge >= 0.3 is 0 Å². The van der Waals surface area contributed by atoms with Gasteiger partial charge in [0.15, 0.2) is 5.65 Å². The van der Waals surface area contributed by atoms with E-state index in [0.29, 0.717) is 0 Å². The van der Waals surface area contributed by atoms with Crippen LogP contribution < -0.4 is 0 Å². The smallest absolute Gasteiger partial charge is 0.165 e. The molecule has 20 heavy (non-hydrogen) atoms. The van der Waals surface area contributed by atoms with E-state index < -0.39 is 0 Å². The lowest BCUT2D eigenvalue weighted by atomic mass is 10.1. The van der Waals surface area contributed by atoms with E-state index >= 15 is 0 Å². The Bertz CT molecular complexity index is 848. The van der Waals surface area contributed by atoms with Crippen LogP contribution in [0.25, 0.3) is 27.3 Å². The Hall–Kier alpha value is -2.46. The highest BCUT2D eigenvalue weighted by molar-refractivity contribution is 7.12. The number of hydrogen-bond donors (Lipinski definition) is 0. The van der Waals surface area contributed by atoms with Crippen LogP contribution in [0, 0.1) is 0 Å².